The molecule has 6 nitrogen and oxygen atoms in total. The predicted molar refractivity (Wildman–Crippen MR) is 117 cm³/mol. The first-order chi connectivity index (χ1) is 14.6. The summed E-state index contributed by atoms with van der Waals surface area (Å²) in [6.07, 6.45) is 5.11. The Morgan fingerprint density at radius 1 is 0.833 bits per heavy atom. The maximum atomic E-state index is 13.5. The summed E-state index contributed by atoms with van der Waals surface area (Å²) in [5.41, 5.74) is 2.21. The van der Waals surface area contributed by atoms with Gasteiger partial charge in [-0.2, -0.15) is 0 Å². The highest BCUT2D eigenvalue weighted by molar-refractivity contribution is 6.24. The van der Waals surface area contributed by atoms with Crippen LogP contribution in [0.15, 0.2) is 36.4 Å². The number of piperidine rings is 1. The largest absolute Gasteiger partial charge is 0.497 e. The van der Waals surface area contributed by atoms with Crippen molar-refractivity contribution >= 4 is 17.6 Å². The average Bonchev–Trinajstić information content (AvgIpc) is 2.82. The molecule has 0 saturated carbocycles. The van der Waals surface area contributed by atoms with Crippen molar-refractivity contribution in [2.75, 3.05) is 41.5 Å². The molecule has 2 aromatic rings. The third-order valence-electron chi connectivity index (χ3n) is 5.28. The molecule has 0 unspecified atom stereocenters. The topological polar surface area (TPSA) is 57.2 Å². The molecule has 0 aliphatic carbocycles. The van der Waals surface area contributed by atoms with Gasteiger partial charge in [-0.3, -0.25) is 4.79 Å². The summed E-state index contributed by atoms with van der Waals surface area (Å²) < 4.78 is 21.7. The summed E-state index contributed by atoms with van der Waals surface area (Å²) in [6.45, 7) is 1.53. The SMILES string of the molecule is COc1ccc(/C=C(/C(=O)N2CCCCC2)c2cc(OC)c(OC)c(OC)c2)cc1. The Labute approximate surface area is 178 Å². The molecule has 0 radical (unpaired) electrons. The lowest BCUT2D eigenvalue weighted by Gasteiger charge is -2.28. The highest BCUT2D eigenvalue weighted by Crippen LogP contribution is 2.40. The van der Waals surface area contributed by atoms with Crippen LogP contribution < -0.4 is 18.9 Å². The lowest BCUT2D eigenvalue weighted by atomic mass is 9.99. The van der Waals surface area contributed by atoms with Gasteiger partial charge in [-0.1, -0.05) is 12.1 Å². The van der Waals surface area contributed by atoms with Gasteiger partial charge in [0.2, 0.25) is 5.75 Å². The zero-order valence-electron chi connectivity index (χ0n) is 18.1. The molecule has 1 saturated heterocycles. The van der Waals surface area contributed by atoms with Gasteiger partial charge in [-0.05, 0) is 60.7 Å². The van der Waals surface area contributed by atoms with Crippen molar-refractivity contribution in [3.8, 4) is 23.0 Å². The second-order valence-electron chi connectivity index (χ2n) is 7.10. The Bertz CT molecular complexity index is 873. The van der Waals surface area contributed by atoms with Crippen LogP contribution in [0.3, 0.4) is 0 Å². The Hall–Kier alpha value is -3.15. The molecule has 0 spiro atoms. The Balaban J connectivity index is 2.10. The Morgan fingerprint density at radius 3 is 1.93 bits per heavy atom. The summed E-state index contributed by atoms with van der Waals surface area (Å²) in [5.74, 6) is 2.29. The van der Waals surface area contributed by atoms with E-state index in [1.54, 1.807) is 28.4 Å². The monoisotopic (exact) mass is 411 g/mol. The molecule has 0 atom stereocenters. The number of likely N-dealkylation sites (tertiary alicyclic amines) is 1. The van der Waals surface area contributed by atoms with Crippen LogP contribution in [0.2, 0.25) is 0 Å². The van der Waals surface area contributed by atoms with E-state index in [-0.39, 0.29) is 5.91 Å². The summed E-state index contributed by atoms with van der Waals surface area (Å²) in [6, 6.07) is 11.3. The van der Waals surface area contributed by atoms with Crippen LogP contribution >= 0.6 is 0 Å². The fraction of sp³-hybridized carbons (Fsp3) is 0.375. The van der Waals surface area contributed by atoms with Crippen molar-refractivity contribution in [1.29, 1.82) is 0 Å². The number of hydrogen-bond acceptors (Lipinski definition) is 5. The number of carbonyl (C=O) groups excluding carboxylic acids is 1. The molecule has 30 heavy (non-hydrogen) atoms. The maximum Gasteiger partial charge on any atom is 0.254 e. The lowest BCUT2D eigenvalue weighted by Crippen LogP contribution is -2.36. The van der Waals surface area contributed by atoms with E-state index in [0.29, 0.717) is 22.8 Å². The zero-order valence-corrected chi connectivity index (χ0v) is 18.1. The summed E-state index contributed by atoms with van der Waals surface area (Å²) in [4.78, 5) is 15.4. The van der Waals surface area contributed by atoms with Crippen LogP contribution in [0.4, 0.5) is 0 Å². The van der Waals surface area contributed by atoms with Crippen molar-refractivity contribution in [3.05, 3.63) is 47.5 Å². The molecular weight excluding hydrogens is 382 g/mol. The van der Waals surface area contributed by atoms with E-state index in [1.165, 1.54) is 0 Å². The van der Waals surface area contributed by atoms with Crippen LogP contribution in [0.1, 0.15) is 30.4 Å². The molecule has 3 rings (SSSR count). The second-order valence-corrected chi connectivity index (χ2v) is 7.10. The van der Waals surface area contributed by atoms with Crippen molar-refractivity contribution < 1.29 is 23.7 Å². The van der Waals surface area contributed by atoms with Gasteiger partial charge >= 0.3 is 0 Å². The molecule has 6 heteroatoms. The molecule has 1 aliphatic rings. The molecule has 1 amide bonds. The minimum Gasteiger partial charge on any atom is -0.497 e. The van der Waals surface area contributed by atoms with Crippen molar-refractivity contribution in [3.63, 3.8) is 0 Å². The Kier molecular flexibility index (Phi) is 7.22. The van der Waals surface area contributed by atoms with Crippen LogP contribution in [-0.4, -0.2) is 52.3 Å². The van der Waals surface area contributed by atoms with Gasteiger partial charge in [0.1, 0.15) is 5.75 Å². The number of rotatable bonds is 7. The fourth-order valence-corrected chi connectivity index (χ4v) is 3.64. The van der Waals surface area contributed by atoms with Crippen molar-refractivity contribution in [2.45, 2.75) is 19.3 Å². The molecular formula is C24H29NO5. The van der Waals surface area contributed by atoms with E-state index in [0.717, 1.165) is 49.2 Å². The smallest absolute Gasteiger partial charge is 0.254 e. The normalized spacial score (nSPS) is 14.3. The fourth-order valence-electron chi connectivity index (χ4n) is 3.64. The first-order valence-corrected chi connectivity index (χ1v) is 10.1. The molecule has 1 fully saturated rings. The number of amides is 1. The van der Waals surface area contributed by atoms with E-state index in [2.05, 4.69) is 0 Å². The zero-order chi connectivity index (χ0) is 21.5. The summed E-state index contributed by atoms with van der Waals surface area (Å²) in [7, 11) is 6.33. The van der Waals surface area contributed by atoms with E-state index < -0.39 is 0 Å². The number of nitrogens with zero attached hydrogens (tertiary/aromatic N) is 1. The van der Waals surface area contributed by atoms with Crippen LogP contribution in [0.25, 0.3) is 11.6 Å². The Morgan fingerprint density at radius 2 is 1.43 bits per heavy atom. The summed E-state index contributed by atoms with van der Waals surface area (Å²) in [5, 5.41) is 0. The van der Waals surface area contributed by atoms with E-state index in [1.807, 2.05) is 47.4 Å². The van der Waals surface area contributed by atoms with E-state index >= 15 is 0 Å². The van der Waals surface area contributed by atoms with Gasteiger partial charge in [0.25, 0.3) is 5.91 Å². The van der Waals surface area contributed by atoms with Gasteiger partial charge in [0.05, 0.1) is 28.4 Å². The van der Waals surface area contributed by atoms with Gasteiger partial charge in [-0.25, -0.2) is 0 Å². The van der Waals surface area contributed by atoms with E-state index in [9.17, 15) is 4.79 Å². The molecule has 160 valence electrons. The third-order valence-corrected chi connectivity index (χ3v) is 5.28. The van der Waals surface area contributed by atoms with Crippen molar-refractivity contribution in [1.82, 2.24) is 4.90 Å². The van der Waals surface area contributed by atoms with Crippen molar-refractivity contribution in [2.24, 2.45) is 0 Å². The van der Waals surface area contributed by atoms with Gasteiger partial charge < -0.3 is 23.8 Å². The minimum atomic E-state index is -0.000194. The quantitative estimate of drug-likeness (QED) is 0.503. The molecule has 1 aliphatic heterocycles. The summed E-state index contributed by atoms with van der Waals surface area (Å²) >= 11 is 0. The van der Waals surface area contributed by atoms with Crippen LogP contribution in [-0.2, 0) is 4.79 Å². The van der Waals surface area contributed by atoms with Gasteiger partial charge in [-0.15, -0.1) is 0 Å². The third kappa shape index (κ3) is 4.70. The second kappa shape index (κ2) is 10.1. The van der Waals surface area contributed by atoms with Crippen LogP contribution in [0.5, 0.6) is 23.0 Å². The highest BCUT2D eigenvalue weighted by atomic mass is 16.5. The van der Waals surface area contributed by atoms with E-state index in [4.69, 9.17) is 18.9 Å². The molecule has 0 N–H and O–H groups in total. The standard InChI is InChI=1S/C24H29NO5/c1-27-19-10-8-17(9-11-19)14-20(24(26)25-12-6-5-7-13-25)18-15-21(28-2)23(30-4)22(16-18)29-3/h8-11,14-16H,5-7,12-13H2,1-4H3/b20-14+. The predicted octanol–water partition coefficient (Wildman–Crippen LogP) is 4.27. The average molecular weight is 411 g/mol. The highest BCUT2D eigenvalue weighted by Gasteiger charge is 2.24. The number of ether oxygens (including phenoxy) is 4. The molecule has 1 heterocycles. The van der Waals surface area contributed by atoms with Gasteiger partial charge in [0.15, 0.2) is 11.5 Å². The first kappa shape index (κ1) is 21.6. The van der Waals surface area contributed by atoms with Crippen LogP contribution in [0, 0.1) is 0 Å². The number of carbonyl (C=O) groups is 1. The molecule has 2 aromatic carbocycles. The number of methoxy groups -OCH3 is 4. The first-order valence-electron chi connectivity index (χ1n) is 10.1. The lowest BCUT2D eigenvalue weighted by molar-refractivity contribution is -0.125. The number of benzene rings is 2. The maximum absolute atomic E-state index is 13.5. The molecule has 0 aromatic heterocycles. The molecule has 0 bridgehead atoms. The minimum absolute atomic E-state index is 0.000194. The van der Waals surface area contributed by atoms with Gasteiger partial charge in [0, 0.05) is 18.7 Å². The number of hydrogen-bond donors (Lipinski definition) is 0.